The fourth-order valence-electron chi connectivity index (χ4n) is 2.35. The molecule has 1 unspecified atom stereocenters. The van der Waals surface area contributed by atoms with E-state index in [9.17, 15) is 8.42 Å². The topological polar surface area (TPSA) is 81.4 Å². The summed E-state index contributed by atoms with van der Waals surface area (Å²) in [5.41, 5.74) is 6.63. The number of rotatable bonds is 8. The molecule has 0 aliphatic carbocycles. The average Bonchev–Trinajstić information content (AvgIpc) is 2.52. The zero-order valence-corrected chi connectivity index (χ0v) is 14.7. The summed E-state index contributed by atoms with van der Waals surface area (Å²) >= 11 is 0. The Hall–Kier alpha value is -1.18. The van der Waals surface area contributed by atoms with E-state index in [-0.39, 0.29) is 24.7 Å². The van der Waals surface area contributed by atoms with E-state index < -0.39 is 16.1 Å². The lowest BCUT2D eigenvalue weighted by Gasteiger charge is -2.18. The number of methoxy groups -OCH3 is 1. The molecule has 0 amide bonds. The van der Waals surface area contributed by atoms with Crippen LogP contribution in [0.3, 0.4) is 0 Å². The van der Waals surface area contributed by atoms with Gasteiger partial charge in [0.2, 0.25) is 10.0 Å². The van der Waals surface area contributed by atoms with Gasteiger partial charge in [0, 0.05) is 20.3 Å². The highest BCUT2D eigenvalue weighted by atomic mass is 35.5. The maximum Gasteiger partial charge on any atom is 0.212 e. The van der Waals surface area contributed by atoms with Gasteiger partial charge in [-0.25, -0.2) is 13.1 Å². The van der Waals surface area contributed by atoms with E-state index in [1.54, 1.807) is 7.11 Å². The molecule has 0 radical (unpaired) electrons. The second-order valence-electron chi connectivity index (χ2n) is 5.18. The number of halogens is 1. The minimum absolute atomic E-state index is 0. The van der Waals surface area contributed by atoms with Crippen LogP contribution in [0.1, 0.15) is 18.0 Å². The van der Waals surface area contributed by atoms with Gasteiger partial charge in [-0.1, -0.05) is 36.4 Å². The predicted molar refractivity (Wildman–Crippen MR) is 96.4 cm³/mol. The molecule has 1 atom stereocenters. The third-order valence-corrected chi connectivity index (χ3v) is 4.96. The fraction of sp³-hybridized carbons (Fsp3) is 0.375. The first-order valence-corrected chi connectivity index (χ1v) is 8.88. The Bertz CT molecular complexity index is 722. The van der Waals surface area contributed by atoms with Crippen LogP contribution >= 0.6 is 12.4 Å². The summed E-state index contributed by atoms with van der Waals surface area (Å²) in [5, 5.41) is 2.18. The molecule has 2 aromatic carbocycles. The van der Waals surface area contributed by atoms with E-state index in [4.69, 9.17) is 10.5 Å². The minimum atomic E-state index is -3.38. The van der Waals surface area contributed by atoms with Crippen LogP contribution in [-0.4, -0.2) is 34.4 Å². The third kappa shape index (κ3) is 5.75. The van der Waals surface area contributed by atoms with Gasteiger partial charge in [-0.3, -0.25) is 0 Å². The van der Waals surface area contributed by atoms with Crippen molar-refractivity contribution in [3.63, 3.8) is 0 Å². The van der Waals surface area contributed by atoms with Gasteiger partial charge in [-0.2, -0.15) is 0 Å². The first-order valence-electron chi connectivity index (χ1n) is 7.23. The summed E-state index contributed by atoms with van der Waals surface area (Å²) in [6.07, 6.45) is 0.459. The van der Waals surface area contributed by atoms with Crippen LogP contribution in [0.4, 0.5) is 0 Å². The monoisotopic (exact) mass is 358 g/mol. The molecule has 0 aromatic heterocycles. The van der Waals surface area contributed by atoms with Crippen molar-refractivity contribution in [1.29, 1.82) is 0 Å². The SMILES string of the molecule is COCCCS(=O)(=O)NC(CN)c1ccc2ccccc2c1.Cl. The van der Waals surface area contributed by atoms with Gasteiger partial charge in [0.25, 0.3) is 0 Å². The third-order valence-electron chi connectivity index (χ3n) is 3.49. The highest BCUT2D eigenvalue weighted by Gasteiger charge is 2.18. The molecule has 2 rings (SSSR count). The molecule has 0 aliphatic heterocycles. The smallest absolute Gasteiger partial charge is 0.212 e. The van der Waals surface area contributed by atoms with Gasteiger partial charge >= 0.3 is 0 Å². The van der Waals surface area contributed by atoms with Crippen LogP contribution in [0.15, 0.2) is 42.5 Å². The van der Waals surface area contributed by atoms with E-state index in [0.717, 1.165) is 16.3 Å². The van der Waals surface area contributed by atoms with E-state index in [2.05, 4.69) is 4.72 Å². The molecule has 23 heavy (non-hydrogen) atoms. The Morgan fingerprint density at radius 2 is 1.87 bits per heavy atom. The standard InChI is InChI=1S/C16H22N2O3S.ClH/c1-21-9-4-10-22(19,20)18-16(12-17)15-8-7-13-5-2-3-6-14(13)11-15;/h2-3,5-8,11,16,18H,4,9-10,12,17H2,1H3;1H. The molecular weight excluding hydrogens is 336 g/mol. The van der Waals surface area contributed by atoms with Crippen LogP contribution in [-0.2, 0) is 14.8 Å². The number of hydrogen-bond acceptors (Lipinski definition) is 4. The molecule has 0 saturated heterocycles. The van der Waals surface area contributed by atoms with E-state index in [1.807, 2.05) is 42.5 Å². The van der Waals surface area contributed by atoms with Crippen molar-refractivity contribution < 1.29 is 13.2 Å². The Balaban J connectivity index is 0.00000264. The summed E-state index contributed by atoms with van der Waals surface area (Å²) < 4.78 is 31.7. The van der Waals surface area contributed by atoms with Crippen LogP contribution in [0.5, 0.6) is 0 Å². The molecule has 0 bridgehead atoms. The van der Waals surface area contributed by atoms with Crippen LogP contribution < -0.4 is 10.5 Å². The number of ether oxygens (including phenoxy) is 1. The molecule has 0 spiro atoms. The molecule has 0 saturated carbocycles. The van der Waals surface area contributed by atoms with Gasteiger partial charge < -0.3 is 10.5 Å². The van der Waals surface area contributed by atoms with Gasteiger partial charge in [0.05, 0.1) is 11.8 Å². The predicted octanol–water partition coefficient (Wildman–Crippen LogP) is 2.22. The van der Waals surface area contributed by atoms with Crippen LogP contribution in [0, 0.1) is 0 Å². The zero-order valence-electron chi connectivity index (χ0n) is 13.1. The highest BCUT2D eigenvalue weighted by Crippen LogP contribution is 2.20. The van der Waals surface area contributed by atoms with Crippen molar-refractivity contribution in [2.45, 2.75) is 12.5 Å². The van der Waals surface area contributed by atoms with Gasteiger partial charge in [-0.15, -0.1) is 12.4 Å². The minimum Gasteiger partial charge on any atom is -0.385 e. The average molecular weight is 359 g/mol. The fourth-order valence-corrected chi connectivity index (χ4v) is 3.63. The molecule has 128 valence electrons. The number of hydrogen-bond donors (Lipinski definition) is 2. The summed E-state index contributed by atoms with van der Waals surface area (Å²) in [4.78, 5) is 0. The maximum absolute atomic E-state index is 12.1. The Morgan fingerprint density at radius 1 is 1.17 bits per heavy atom. The van der Waals surface area contributed by atoms with Crippen LogP contribution in [0.2, 0.25) is 0 Å². The number of nitrogens with two attached hydrogens (primary N) is 1. The second kappa shape index (κ2) is 9.20. The quantitative estimate of drug-likeness (QED) is 0.709. The van der Waals surface area contributed by atoms with Crippen LogP contribution in [0.25, 0.3) is 10.8 Å². The molecule has 2 aromatic rings. The van der Waals surface area contributed by atoms with E-state index in [0.29, 0.717) is 13.0 Å². The van der Waals surface area contributed by atoms with Crippen molar-refractivity contribution in [2.75, 3.05) is 26.0 Å². The maximum atomic E-state index is 12.1. The van der Waals surface area contributed by atoms with Crippen molar-refractivity contribution in [2.24, 2.45) is 5.73 Å². The lowest BCUT2D eigenvalue weighted by atomic mass is 10.0. The molecule has 3 N–H and O–H groups in total. The normalized spacial score (nSPS) is 12.8. The largest absolute Gasteiger partial charge is 0.385 e. The Labute approximate surface area is 143 Å². The van der Waals surface area contributed by atoms with E-state index >= 15 is 0 Å². The van der Waals surface area contributed by atoms with E-state index in [1.165, 1.54) is 0 Å². The summed E-state index contributed by atoms with van der Waals surface area (Å²) in [7, 11) is -1.82. The summed E-state index contributed by atoms with van der Waals surface area (Å²) in [5.74, 6) is 0.0327. The molecule has 0 aliphatic rings. The first kappa shape index (κ1) is 19.9. The van der Waals surface area contributed by atoms with Crippen molar-refractivity contribution in [3.8, 4) is 0 Å². The highest BCUT2D eigenvalue weighted by molar-refractivity contribution is 7.89. The lowest BCUT2D eigenvalue weighted by molar-refractivity contribution is 0.199. The first-order chi connectivity index (χ1) is 10.6. The second-order valence-corrected chi connectivity index (χ2v) is 7.05. The molecule has 0 fully saturated rings. The Kier molecular flexibility index (Phi) is 7.94. The number of fused-ring (bicyclic) bond motifs is 1. The van der Waals surface area contributed by atoms with Gasteiger partial charge in [0.1, 0.15) is 0 Å². The zero-order chi connectivity index (χ0) is 16.0. The van der Waals surface area contributed by atoms with Crippen molar-refractivity contribution in [1.82, 2.24) is 4.72 Å². The molecular formula is C16H23ClN2O3S. The Morgan fingerprint density at radius 3 is 2.52 bits per heavy atom. The summed E-state index contributed by atoms with van der Waals surface area (Å²) in [6.45, 7) is 0.631. The number of sulfonamides is 1. The molecule has 7 heteroatoms. The van der Waals surface area contributed by atoms with Crippen molar-refractivity contribution >= 4 is 33.2 Å². The summed E-state index contributed by atoms with van der Waals surface area (Å²) in [6, 6.07) is 13.4. The lowest BCUT2D eigenvalue weighted by Crippen LogP contribution is -2.35. The molecule has 0 heterocycles. The van der Waals surface area contributed by atoms with Gasteiger partial charge in [-0.05, 0) is 28.8 Å². The number of nitrogens with one attached hydrogen (secondary N) is 1. The molecule has 5 nitrogen and oxygen atoms in total. The number of benzene rings is 2. The van der Waals surface area contributed by atoms with Gasteiger partial charge in [0.15, 0.2) is 0 Å². The van der Waals surface area contributed by atoms with Crippen molar-refractivity contribution in [3.05, 3.63) is 48.0 Å².